The van der Waals surface area contributed by atoms with E-state index in [-0.39, 0.29) is 18.3 Å². The summed E-state index contributed by atoms with van der Waals surface area (Å²) in [6.45, 7) is 2.96. The Morgan fingerprint density at radius 2 is 1.89 bits per heavy atom. The standard InChI is InChI=1S/C21H20ClNO5/c1-14(24)15-6-8-16(9-7-15)26-13-10-23-19-17(4-2-5-18(19)22)21(20(23)25)27-11-3-12-28-21/h2,4-9H,3,10-13H2,1H3. The Labute approximate surface area is 167 Å². The molecule has 0 saturated carbocycles. The fourth-order valence-corrected chi connectivity index (χ4v) is 3.79. The molecule has 0 N–H and O–H groups in total. The molecule has 7 heteroatoms. The van der Waals surface area contributed by atoms with Crippen molar-refractivity contribution in [2.45, 2.75) is 19.1 Å². The van der Waals surface area contributed by atoms with Crippen LogP contribution in [-0.2, 0) is 20.1 Å². The molecule has 1 fully saturated rings. The van der Waals surface area contributed by atoms with Crippen LogP contribution in [-0.4, -0.2) is 38.1 Å². The first-order valence-electron chi connectivity index (χ1n) is 9.15. The van der Waals surface area contributed by atoms with Crippen molar-refractivity contribution in [1.29, 1.82) is 0 Å². The van der Waals surface area contributed by atoms with Gasteiger partial charge in [-0.25, -0.2) is 0 Å². The van der Waals surface area contributed by atoms with Crippen LogP contribution in [0.1, 0.15) is 29.3 Å². The van der Waals surface area contributed by atoms with Crippen molar-refractivity contribution in [3.05, 3.63) is 58.6 Å². The minimum Gasteiger partial charge on any atom is -0.492 e. The average Bonchev–Trinajstić information content (AvgIpc) is 2.93. The van der Waals surface area contributed by atoms with Gasteiger partial charge in [-0.05, 0) is 43.7 Å². The molecule has 4 rings (SSSR count). The van der Waals surface area contributed by atoms with E-state index in [1.54, 1.807) is 41.3 Å². The highest BCUT2D eigenvalue weighted by Crippen LogP contribution is 2.48. The zero-order valence-electron chi connectivity index (χ0n) is 15.4. The highest BCUT2D eigenvalue weighted by atomic mass is 35.5. The number of fused-ring (bicyclic) bond motifs is 2. The van der Waals surface area contributed by atoms with E-state index in [0.29, 0.717) is 47.3 Å². The van der Waals surface area contributed by atoms with E-state index in [4.69, 9.17) is 25.8 Å². The number of hydrogen-bond donors (Lipinski definition) is 0. The molecule has 0 aromatic heterocycles. The molecule has 28 heavy (non-hydrogen) atoms. The van der Waals surface area contributed by atoms with Crippen LogP contribution in [0.25, 0.3) is 0 Å². The maximum absolute atomic E-state index is 13.2. The van der Waals surface area contributed by atoms with Gasteiger partial charge in [-0.2, -0.15) is 0 Å². The lowest BCUT2D eigenvalue weighted by atomic mass is 10.1. The first-order valence-corrected chi connectivity index (χ1v) is 9.53. The molecule has 1 saturated heterocycles. The summed E-state index contributed by atoms with van der Waals surface area (Å²) in [5.74, 6) is -1.08. The monoisotopic (exact) mass is 401 g/mol. The normalized spacial score (nSPS) is 17.6. The first kappa shape index (κ1) is 18.9. The average molecular weight is 402 g/mol. The second kappa shape index (κ2) is 7.54. The van der Waals surface area contributed by atoms with Gasteiger partial charge in [0.2, 0.25) is 0 Å². The number of amides is 1. The van der Waals surface area contributed by atoms with E-state index >= 15 is 0 Å². The zero-order chi connectivity index (χ0) is 19.7. The molecule has 0 unspecified atom stereocenters. The summed E-state index contributed by atoms with van der Waals surface area (Å²) < 4.78 is 17.4. The van der Waals surface area contributed by atoms with E-state index < -0.39 is 5.79 Å². The van der Waals surface area contributed by atoms with Gasteiger partial charge in [-0.15, -0.1) is 0 Å². The second-order valence-corrected chi connectivity index (χ2v) is 7.10. The molecule has 0 aliphatic carbocycles. The predicted molar refractivity (Wildman–Crippen MR) is 104 cm³/mol. The zero-order valence-corrected chi connectivity index (χ0v) is 16.2. The molecule has 2 aliphatic heterocycles. The third-order valence-electron chi connectivity index (χ3n) is 4.88. The number of hydrogen-bond acceptors (Lipinski definition) is 5. The smallest absolute Gasteiger partial charge is 0.292 e. The van der Waals surface area contributed by atoms with Crippen molar-refractivity contribution in [2.75, 3.05) is 31.3 Å². The number of carbonyl (C=O) groups is 2. The van der Waals surface area contributed by atoms with E-state index in [0.717, 1.165) is 6.42 Å². The summed E-state index contributed by atoms with van der Waals surface area (Å²) in [5.41, 5.74) is 1.86. The number of benzene rings is 2. The summed E-state index contributed by atoms with van der Waals surface area (Å²) >= 11 is 6.40. The molecule has 6 nitrogen and oxygen atoms in total. The van der Waals surface area contributed by atoms with Gasteiger partial charge >= 0.3 is 0 Å². The summed E-state index contributed by atoms with van der Waals surface area (Å²) in [6, 6.07) is 12.2. The van der Waals surface area contributed by atoms with Crippen LogP contribution >= 0.6 is 11.6 Å². The molecule has 146 valence electrons. The van der Waals surface area contributed by atoms with Crippen molar-refractivity contribution < 1.29 is 23.8 Å². The molecule has 0 bridgehead atoms. The largest absolute Gasteiger partial charge is 0.492 e. The number of nitrogens with zero attached hydrogens (tertiary/aromatic N) is 1. The number of ketones is 1. The van der Waals surface area contributed by atoms with Gasteiger partial charge in [0.15, 0.2) is 5.78 Å². The summed E-state index contributed by atoms with van der Waals surface area (Å²) in [6.07, 6.45) is 0.740. The number of carbonyl (C=O) groups excluding carboxylic acids is 2. The van der Waals surface area contributed by atoms with Crippen LogP contribution in [0, 0.1) is 0 Å². The molecule has 1 spiro atoms. The van der Waals surface area contributed by atoms with Gasteiger partial charge in [-0.1, -0.05) is 23.7 Å². The van der Waals surface area contributed by atoms with Gasteiger partial charge in [-0.3, -0.25) is 9.59 Å². The molecule has 0 radical (unpaired) electrons. The molecule has 2 heterocycles. The number of para-hydroxylation sites is 1. The molecule has 2 aromatic rings. The van der Waals surface area contributed by atoms with Crippen LogP contribution < -0.4 is 9.64 Å². The molecular weight excluding hydrogens is 382 g/mol. The lowest BCUT2D eigenvalue weighted by Crippen LogP contribution is -2.48. The Hall–Kier alpha value is -2.41. The number of halogens is 1. The van der Waals surface area contributed by atoms with E-state index in [1.165, 1.54) is 6.92 Å². The third-order valence-corrected chi connectivity index (χ3v) is 5.19. The first-order chi connectivity index (χ1) is 13.5. The predicted octanol–water partition coefficient (Wildman–Crippen LogP) is 3.56. The van der Waals surface area contributed by atoms with Crippen molar-refractivity contribution in [1.82, 2.24) is 0 Å². The van der Waals surface area contributed by atoms with Crippen LogP contribution in [0.5, 0.6) is 5.75 Å². The van der Waals surface area contributed by atoms with E-state index in [2.05, 4.69) is 0 Å². The minimum atomic E-state index is -1.42. The fraction of sp³-hybridized carbons (Fsp3) is 0.333. The maximum Gasteiger partial charge on any atom is 0.292 e. The van der Waals surface area contributed by atoms with Gasteiger partial charge < -0.3 is 19.1 Å². The molecule has 1 amide bonds. The summed E-state index contributed by atoms with van der Waals surface area (Å²) in [5, 5.41) is 0.464. The third kappa shape index (κ3) is 3.17. The Morgan fingerprint density at radius 1 is 1.18 bits per heavy atom. The minimum absolute atomic E-state index is 0.00163. The van der Waals surface area contributed by atoms with Crippen molar-refractivity contribution in [3.63, 3.8) is 0 Å². The van der Waals surface area contributed by atoms with Crippen LogP contribution in [0.4, 0.5) is 5.69 Å². The maximum atomic E-state index is 13.2. The number of ether oxygens (including phenoxy) is 3. The quantitative estimate of drug-likeness (QED) is 0.717. The van der Waals surface area contributed by atoms with Crippen molar-refractivity contribution in [2.24, 2.45) is 0 Å². The van der Waals surface area contributed by atoms with Crippen LogP contribution in [0.15, 0.2) is 42.5 Å². The van der Waals surface area contributed by atoms with Gasteiger partial charge in [0.05, 0.1) is 30.5 Å². The summed E-state index contributed by atoms with van der Waals surface area (Å²) in [4.78, 5) is 26.1. The van der Waals surface area contributed by atoms with Crippen molar-refractivity contribution >= 4 is 29.0 Å². The van der Waals surface area contributed by atoms with E-state index in [9.17, 15) is 9.59 Å². The van der Waals surface area contributed by atoms with Gasteiger partial charge in [0.1, 0.15) is 12.4 Å². The highest BCUT2D eigenvalue weighted by Gasteiger charge is 2.55. The van der Waals surface area contributed by atoms with Gasteiger partial charge in [0.25, 0.3) is 11.7 Å². The van der Waals surface area contributed by atoms with Crippen LogP contribution in [0.3, 0.4) is 0 Å². The fourth-order valence-electron chi connectivity index (χ4n) is 3.52. The summed E-state index contributed by atoms with van der Waals surface area (Å²) in [7, 11) is 0. The van der Waals surface area contributed by atoms with Gasteiger partial charge in [0, 0.05) is 11.1 Å². The molecular formula is C21H20ClNO5. The topological polar surface area (TPSA) is 65.1 Å². The second-order valence-electron chi connectivity index (χ2n) is 6.69. The number of rotatable bonds is 5. The Morgan fingerprint density at radius 3 is 2.57 bits per heavy atom. The lowest BCUT2D eigenvalue weighted by molar-refractivity contribution is -0.256. The van der Waals surface area contributed by atoms with Crippen molar-refractivity contribution in [3.8, 4) is 5.75 Å². The number of anilines is 1. The lowest BCUT2D eigenvalue weighted by Gasteiger charge is -2.32. The molecule has 2 aliphatic rings. The molecule has 0 atom stereocenters. The molecule has 2 aromatic carbocycles. The highest BCUT2D eigenvalue weighted by molar-refractivity contribution is 6.35. The number of Topliss-reactive ketones (excluding diaryl/α,β-unsaturated/α-hetero) is 1. The Bertz CT molecular complexity index is 906. The Kier molecular flexibility index (Phi) is 5.10. The van der Waals surface area contributed by atoms with Crippen LogP contribution in [0.2, 0.25) is 5.02 Å². The SMILES string of the molecule is CC(=O)c1ccc(OCCN2C(=O)C3(OCCCO3)c3cccc(Cl)c32)cc1. The van der Waals surface area contributed by atoms with E-state index in [1.807, 2.05) is 6.07 Å². The Balaban J connectivity index is 1.52.